The Morgan fingerprint density at radius 1 is 1.33 bits per heavy atom. The summed E-state index contributed by atoms with van der Waals surface area (Å²) in [4.78, 5) is 27.3. The standard InChI is InChI=1S/C15H29N3O3/c1-5-15(13(19)20)6-9-18(10-7-15)14(21)16-8-11-17(4)12(2)3/h12H,5-11H2,1-4H3,(H,16,21)(H,19,20). The van der Waals surface area contributed by atoms with Crippen LogP contribution in [-0.4, -0.2) is 66.2 Å². The number of rotatable bonds is 6. The quantitative estimate of drug-likeness (QED) is 0.781. The minimum atomic E-state index is -0.733. The van der Waals surface area contributed by atoms with Gasteiger partial charge in [-0.05, 0) is 40.2 Å². The van der Waals surface area contributed by atoms with E-state index in [0.717, 1.165) is 6.54 Å². The van der Waals surface area contributed by atoms with Crippen molar-refractivity contribution in [1.82, 2.24) is 15.1 Å². The summed E-state index contributed by atoms with van der Waals surface area (Å²) in [7, 11) is 2.03. The molecule has 6 nitrogen and oxygen atoms in total. The second-order valence-electron chi connectivity index (χ2n) is 6.23. The number of carboxylic acid groups (broad SMARTS) is 1. The molecule has 0 aromatic carbocycles. The van der Waals surface area contributed by atoms with Gasteiger partial charge in [-0.2, -0.15) is 0 Å². The first-order valence-corrected chi connectivity index (χ1v) is 7.79. The van der Waals surface area contributed by atoms with Crippen LogP contribution in [0.4, 0.5) is 4.79 Å². The van der Waals surface area contributed by atoms with Gasteiger partial charge in [0.2, 0.25) is 0 Å². The second-order valence-corrected chi connectivity index (χ2v) is 6.23. The maximum Gasteiger partial charge on any atom is 0.317 e. The maximum atomic E-state index is 12.1. The summed E-state index contributed by atoms with van der Waals surface area (Å²) in [6.45, 7) is 8.60. The van der Waals surface area contributed by atoms with Crippen LogP contribution in [0.3, 0.4) is 0 Å². The van der Waals surface area contributed by atoms with Gasteiger partial charge in [0, 0.05) is 32.2 Å². The average molecular weight is 299 g/mol. The van der Waals surface area contributed by atoms with Crippen molar-refractivity contribution in [2.45, 2.75) is 46.1 Å². The van der Waals surface area contributed by atoms with Gasteiger partial charge in [0.25, 0.3) is 0 Å². The number of piperidine rings is 1. The van der Waals surface area contributed by atoms with Gasteiger partial charge in [0.15, 0.2) is 0 Å². The van der Waals surface area contributed by atoms with E-state index in [1.54, 1.807) is 4.90 Å². The first kappa shape index (κ1) is 17.8. The minimum absolute atomic E-state index is 0.0813. The smallest absolute Gasteiger partial charge is 0.317 e. The van der Waals surface area contributed by atoms with Crippen molar-refractivity contribution in [2.24, 2.45) is 5.41 Å². The van der Waals surface area contributed by atoms with E-state index in [2.05, 4.69) is 24.1 Å². The van der Waals surface area contributed by atoms with Crippen molar-refractivity contribution < 1.29 is 14.7 Å². The normalized spacial score (nSPS) is 18.1. The van der Waals surface area contributed by atoms with Crippen LogP contribution in [0.15, 0.2) is 0 Å². The van der Waals surface area contributed by atoms with Gasteiger partial charge in [0.05, 0.1) is 5.41 Å². The molecule has 2 amide bonds. The van der Waals surface area contributed by atoms with Crippen LogP contribution in [-0.2, 0) is 4.79 Å². The molecule has 0 bridgehead atoms. The Kier molecular flexibility index (Phi) is 6.45. The van der Waals surface area contributed by atoms with Gasteiger partial charge >= 0.3 is 12.0 Å². The molecule has 1 aliphatic rings. The van der Waals surface area contributed by atoms with Crippen molar-refractivity contribution in [3.8, 4) is 0 Å². The lowest BCUT2D eigenvalue weighted by Crippen LogP contribution is -2.50. The molecule has 1 fully saturated rings. The van der Waals surface area contributed by atoms with Crippen LogP contribution >= 0.6 is 0 Å². The maximum absolute atomic E-state index is 12.1. The molecule has 2 N–H and O–H groups in total. The molecule has 21 heavy (non-hydrogen) atoms. The van der Waals surface area contributed by atoms with Gasteiger partial charge < -0.3 is 20.2 Å². The molecule has 0 aromatic rings. The number of likely N-dealkylation sites (tertiary alicyclic amines) is 1. The molecule has 0 unspecified atom stereocenters. The first-order chi connectivity index (χ1) is 9.82. The summed E-state index contributed by atoms with van der Waals surface area (Å²) < 4.78 is 0. The lowest BCUT2D eigenvalue weighted by Gasteiger charge is -2.38. The SMILES string of the molecule is CCC1(C(=O)O)CCN(C(=O)NCCN(C)C(C)C)CC1. The molecule has 6 heteroatoms. The Balaban J connectivity index is 2.37. The number of aliphatic carboxylic acids is 1. The molecular formula is C15H29N3O3. The monoisotopic (exact) mass is 299 g/mol. The molecule has 0 saturated carbocycles. The lowest BCUT2D eigenvalue weighted by atomic mass is 9.76. The van der Waals surface area contributed by atoms with E-state index < -0.39 is 11.4 Å². The van der Waals surface area contributed by atoms with Crippen molar-refractivity contribution in [3.05, 3.63) is 0 Å². The highest BCUT2D eigenvalue weighted by Crippen LogP contribution is 2.35. The van der Waals surface area contributed by atoms with Gasteiger partial charge in [-0.25, -0.2) is 4.79 Å². The predicted molar refractivity (Wildman–Crippen MR) is 82.3 cm³/mol. The molecule has 1 rings (SSSR count). The third-order valence-electron chi connectivity index (χ3n) is 4.76. The van der Waals surface area contributed by atoms with Gasteiger partial charge in [-0.1, -0.05) is 6.92 Å². The first-order valence-electron chi connectivity index (χ1n) is 7.79. The van der Waals surface area contributed by atoms with Crippen LogP contribution in [0, 0.1) is 5.41 Å². The number of nitrogens with one attached hydrogen (secondary N) is 1. The highest BCUT2D eigenvalue weighted by molar-refractivity contribution is 5.77. The number of carbonyl (C=O) groups is 2. The third kappa shape index (κ3) is 4.59. The van der Waals surface area contributed by atoms with E-state index in [0.29, 0.717) is 44.9 Å². The van der Waals surface area contributed by atoms with Gasteiger partial charge in [0.1, 0.15) is 0 Å². The summed E-state index contributed by atoms with van der Waals surface area (Å²) in [6, 6.07) is 0.375. The second kappa shape index (κ2) is 7.64. The zero-order valence-electron chi connectivity index (χ0n) is 13.7. The van der Waals surface area contributed by atoms with Crippen LogP contribution in [0.1, 0.15) is 40.0 Å². The van der Waals surface area contributed by atoms with Crippen molar-refractivity contribution in [3.63, 3.8) is 0 Å². The Bertz CT molecular complexity index is 363. The lowest BCUT2D eigenvalue weighted by molar-refractivity contribution is -0.151. The molecule has 0 aliphatic carbocycles. The zero-order valence-corrected chi connectivity index (χ0v) is 13.7. The molecular weight excluding hydrogens is 270 g/mol. The van der Waals surface area contributed by atoms with Crippen molar-refractivity contribution >= 4 is 12.0 Å². The van der Waals surface area contributed by atoms with Crippen molar-refractivity contribution in [1.29, 1.82) is 0 Å². The van der Waals surface area contributed by atoms with Crippen molar-refractivity contribution in [2.75, 3.05) is 33.2 Å². The summed E-state index contributed by atoms with van der Waals surface area (Å²) in [6.07, 6.45) is 1.70. The number of hydrogen-bond acceptors (Lipinski definition) is 3. The average Bonchev–Trinajstić information content (AvgIpc) is 2.46. The van der Waals surface area contributed by atoms with E-state index in [-0.39, 0.29) is 6.03 Å². The van der Waals surface area contributed by atoms with E-state index in [1.165, 1.54) is 0 Å². The fraction of sp³-hybridized carbons (Fsp3) is 0.867. The molecule has 1 saturated heterocycles. The number of amides is 2. The molecule has 1 heterocycles. The fourth-order valence-electron chi connectivity index (χ4n) is 2.57. The molecule has 0 aromatic heterocycles. The number of hydrogen-bond donors (Lipinski definition) is 2. The van der Waals surface area contributed by atoms with Gasteiger partial charge in [-0.3, -0.25) is 4.79 Å². The van der Waals surface area contributed by atoms with Gasteiger partial charge in [-0.15, -0.1) is 0 Å². The molecule has 0 radical (unpaired) electrons. The van der Waals surface area contributed by atoms with Crippen LogP contribution < -0.4 is 5.32 Å². The zero-order chi connectivity index (χ0) is 16.0. The van der Waals surface area contributed by atoms with Crippen LogP contribution in [0.2, 0.25) is 0 Å². The Morgan fingerprint density at radius 2 is 1.90 bits per heavy atom. The Morgan fingerprint density at radius 3 is 2.33 bits per heavy atom. The molecule has 1 aliphatic heterocycles. The fourth-order valence-corrected chi connectivity index (χ4v) is 2.57. The number of carbonyl (C=O) groups excluding carboxylic acids is 1. The highest BCUT2D eigenvalue weighted by Gasteiger charge is 2.40. The summed E-state index contributed by atoms with van der Waals surface area (Å²) in [5.74, 6) is -0.733. The molecule has 0 atom stereocenters. The highest BCUT2D eigenvalue weighted by atomic mass is 16.4. The van der Waals surface area contributed by atoms with E-state index in [9.17, 15) is 14.7 Å². The largest absolute Gasteiger partial charge is 0.481 e. The number of likely N-dealkylation sites (N-methyl/N-ethyl adjacent to an activating group) is 1. The number of carboxylic acids is 1. The molecule has 0 spiro atoms. The topological polar surface area (TPSA) is 72.9 Å². The molecule has 122 valence electrons. The van der Waals surface area contributed by atoms with E-state index in [4.69, 9.17) is 0 Å². The van der Waals surface area contributed by atoms with E-state index in [1.807, 2.05) is 14.0 Å². The number of nitrogens with zero attached hydrogens (tertiary/aromatic N) is 2. The summed E-state index contributed by atoms with van der Waals surface area (Å²) in [5, 5.41) is 12.3. The predicted octanol–water partition coefficient (Wildman–Crippen LogP) is 1.61. The third-order valence-corrected chi connectivity index (χ3v) is 4.76. The minimum Gasteiger partial charge on any atom is -0.481 e. The summed E-state index contributed by atoms with van der Waals surface area (Å²) >= 11 is 0. The van der Waals surface area contributed by atoms with Crippen LogP contribution in [0.25, 0.3) is 0 Å². The summed E-state index contributed by atoms with van der Waals surface area (Å²) in [5.41, 5.74) is -0.644. The number of urea groups is 1. The van der Waals surface area contributed by atoms with E-state index >= 15 is 0 Å². The Labute approximate surface area is 127 Å². The van der Waals surface area contributed by atoms with Crippen LogP contribution in [0.5, 0.6) is 0 Å². The Hall–Kier alpha value is -1.30.